The molecule has 0 N–H and O–H groups in total. The van der Waals surface area contributed by atoms with Crippen molar-refractivity contribution < 1.29 is 19.1 Å². The van der Waals surface area contributed by atoms with E-state index in [2.05, 4.69) is 6.92 Å². The molecule has 0 atom stereocenters. The molecular weight excluding hydrogens is 398 g/mol. The van der Waals surface area contributed by atoms with Gasteiger partial charge in [0.15, 0.2) is 6.61 Å². The van der Waals surface area contributed by atoms with Crippen molar-refractivity contribution in [3.05, 3.63) is 93.2 Å². The first-order chi connectivity index (χ1) is 14.5. The molecule has 0 unspecified atom stereocenters. The average Bonchev–Trinajstić information content (AvgIpc) is 3.32. The number of esters is 1. The Kier molecular flexibility index (Phi) is 7.14. The summed E-state index contributed by atoms with van der Waals surface area (Å²) < 4.78 is 5.21. The Labute approximate surface area is 179 Å². The fraction of sp³-hybridized carbons (Fsp3) is 0.208. The van der Waals surface area contributed by atoms with Gasteiger partial charge in [-0.15, -0.1) is 11.3 Å². The van der Waals surface area contributed by atoms with E-state index < -0.39 is 5.97 Å². The number of likely N-dealkylation sites (N-methyl/N-ethyl adjacent to an activating group) is 1. The molecule has 3 aromatic rings. The summed E-state index contributed by atoms with van der Waals surface area (Å²) in [5, 5.41) is 1.80. The number of aryl methyl sites for hydroxylation is 1. The van der Waals surface area contributed by atoms with Crippen molar-refractivity contribution in [2.24, 2.45) is 0 Å². The molecular formula is C24H23NO4S. The summed E-state index contributed by atoms with van der Waals surface area (Å²) in [6.45, 7) is 2.13. The third kappa shape index (κ3) is 5.21. The molecule has 30 heavy (non-hydrogen) atoms. The number of ether oxygens (including phenoxy) is 1. The number of hydrogen-bond donors (Lipinski definition) is 0. The maximum Gasteiger partial charge on any atom is 0.339 e. The number of ketones is 1. The molecule has 1 heterocycles. The van der Waals surface area contributed by atoms with Crippen molar-refractivity contribution in [1.29, 1.82) is 0 Å². The van der Waals surface area contributed by atoms with Crippen LogP contribution in [-0.4, -0.2) is 36.2 Å². The fourth-order valence-corrected chi connectivity index (χ4v) is 3.64. The van der Waals surface area contributed by atoms with Gasteiger partial charge in [0.25, 0.3) is 5.91 Å². The molecule has 2 aromatic carbocycles. The van der Waals surface area contributed by atoms with Gasteiger partial charge in [0.2, 0.25) is 5.78 Å². The summed E-state index contributed by atoms with van der Waals surface area (Å²) in [4.78, 5) is 39.7. The molecule has 0 bridgehead atoms. The van der Waals surface area contributed by atoms with Gasteiger partial charge in [0.05, 0.1) is 10.4 Å². The number of carbonyl (C=O) groups is 3. The van der Waals surface area contributed by atoms with Crippen molar-refractivity contribution in [3.8, 4) is 0 Å². The minimum atomic E-state index is -0.690. The minimum absolute atomic E-state index is 0.154. The van der Waals surface area contributed by atoms with E-state index >= 15 is 0 Å². The molecule has 0 saturated heterocycles. The second-order valence-corrected chi connectivity index (χ2v) is 7.80. The van der Waals surface area contributed by atoms with Gasteiger partial charge < -0.3 is 9.64 Å². The van der Waals surface area contributed by atoms with Crippen LogP contribution in [0.15, 0.2) is 66.0 Å². The SMILES string of the molecule is CCc1ccc(CN(C)C(=O)COC(=O)c2ccccc2C(=O)c2cccs2)cc1. The molecule has 0 fully saturated rings. The summed E-state index contributed by atoms with van der Waals surface area (Å²) in [5.41, 5.74) is 2.65. The number of hydrogen-bond acceptors (Lipinski definition) is 5. The van der Waals surface area contributed by atoms with Crippen LogP contribution in [0, 0.1) is 0 Å². The Morgan fingerprint density at radius 2 is 1.57 bits per heavy atom. The van der Waals surface area contributed by atoms with Gasteiger partial charge >= 0.3 is 5.97 Å². The van der Waals surface area contributed by atoms with Crippen LogP contribution >= 0.6 is 11.3 Å². The van der Waals surface area contributed by atoms with Crippen LogP contribution in [0.25, 0.3) is 0 Å². The monoisotopic (exact) mass is 421 g/mol. The number of carbonyl (C=O) groups excluding carboxylic acids is 3. The molecule has 0 aliphatic carbocycles. The average molecular weight is 422 g/mol. The van der Waals surface area contributed by atoms with Crippen molar-refractivity contribution in [3.63, 3.8) is 0 Å². The highest BCUT2D eigenvalue weighted by molar-refractivity contribution is 7.12. The summed E-state index contributed by atoms with van der Waals surface area (Å²) in [5.74, 6) is -1.24. The highest BCUT2D eigenvalue weighted by atomic mass is 32.1. The second kappa shape index (κ2) is 9.98. The maximum atomic E-state index is 12.7. The van der Waals surface area contributed by atoms with Gasteiger partial charge in [-0.1, -0.05) is 55.5 Å². The van der Waals surface area contributed by atoms with E-state index in [0.29, 0.717) is 11.4 Å². The zero-order valence-electron chi connectivity index (χ0n) is 17.0. The molecule has 0 saturated carbocycles. The Morgan fingerprint density at radius 1 is 0.900 bits per heavy atom. The molecule has 0 radical (unpaired) electrons. The molecule has 1 aromatic heterocycles. The van der Waals surface area contributed by atoms with E-state index in [0.717, 1.165) is 12.0 Å². The lowest BCUT2D eigenvalue weighted by molar-refractivity contribution is -0.133. The Hall–Kier alpha value is -3.25. The quantitative estimate of drug-likeness (QED) is 0.401. The summed E-state index contributed by atoms with van der Waals surface area (Å²) in [7, 11) is 1.66. The molecule has 0 aliphatic heterocycles. The molecule has 6 heteroatoms. The van der Waals surface area contributed by atoms with Crippen LogP contribution in [0.5, 0.6) is 0 Å². The zero-order valence-corrected chi connectivity index (χ0v) is 17.8. The van der Waals surface area contributed by atoms with Crippen molar-refractivity contribution in [2.45, 2.75) is 19.9 Å². The lowest BCUT2D eigenvalue weighted by atomic mass is 10.0. The fourth-order valence-electron chi connectivity index (χ4n) is 2.96. The first kappa shape index (κ1) is 21.5. The van der Waals surface area contributed by atoms with Gasteiger partial charge in [-0.3, -0.25) is 9.59 Å². The normalized spacial score (nSPS) is 10.5. The predicted octanol–water partition coefficient (Wildman–Crippen LogP) is 4.36. The van der Waals surface area contributed by atoms with Gasteiger partial charge in [0, 0.05) is 19.2 Å². The lowest BCUT2D eigenvalue weighted by Gasteiger charge is -2.17. The number of rotatable bonds is 8. The predicted molar refractivity (Wildman–Crippen MR) is 117 cm³/mol. The van der Waals surface area contributed by atoms with Crippen LogP contribution in [0.3, 0.4) is 0 Å². The van der Waals surface area contributed by atoms with E-state index in [4.69, 9.17) is 4.74 Å². The summed E-state index contributed by atoms with van der Waals surface area (Å²) in [6.07, 6.45) is 0.960. The third-order valence-electron chi connectivity index (χ3n) is 4.74. The smallest absolute Gasteiger partial charge is 0.339 e. The molecule has 154 valence electrons. The van der Waals surface area contributed by atoms with Crippen LogP contribution in [0.1, 0.15) is 43.6 Å². The Balaban J connectivity index is 1.61. The third-order valence-corrected chi connectivity index (χ3v) is 5.61. The van der Waals surface area contributed by atoms with Crippen molar-refractivity contribution in [2.75, 3.05) is 13.7 Å². The highest BCUT2D eigenvalue weighted by Gasteiger charge is 2.21. The molecule has 0 aliphatic rings. The minimum Gasteiger partial charge on any atom is -0.452 e. The largest absolute Gasteiger partial charge is 0.452 e. The summed E-state index contributed by atoms with van der Waals surface area (Å²) >= 11 is 1.31. The highest BCUT2D eigenvalue weighted by Crippen LogP contribution is 2.19. The molecule has 0 spiro atoms. The first-order valence-corrected chi connectivity index (χ1v) is 10.5. The zero-order chi connectivity index (χ0) is 21.5. The van der Waals surface area contributed by atoms with E-state index in [1.165, 1.54) is 27.9 Å². The van der Waals surface area contributed by atoms with Gasteiger partial charge in [-0.05, 0) is 35.1 Å². The molecule has 1 amide bonds. The van der Waals surface area contributed by atoms with E-state index in [1.54, 1.807) is 42.8 Å². The maximum absolute atomic E-state index is 12.7. The van der Waals surface area contributed by atoms with Crippen molar-refractivity contribution >= 4 is 29.0 Å². The van der Waals surface area contributed by atoms with Crippen LogP contribution in [0.2, 0.25) is 0 Å². The number of benzene rings is 2. The standard InChI is InChI=1S/C24H23NO4S/c1-3-17-10-12-18(13-11-17)15-25(2)22(26)16-29-24(28)20-8-5-4-7-19(20)23(27)21-9-6-14-30-21/h4-14H,3,15-16H2,1-2H3. The van der Waals surface area contributed by atoms with Crippen LogP contribution in [0.4, 0.5) is 0 Å². The van der Waals surface area contributed by atoms with Gasteiger partial charge in [-0.25, -0.2) is 4.79 Å². The van der Waals surface area contributed by atoms with Crippen molar-refractivity contribution in [1.82, 2.24) is 4.90 Å². The van der Waals surface area contributed by atoms with Crippen LogP contribution in [-0.2, 0) is 22.5 Å². The van der Waals surface area contributed by atoms with E-state index in [-0.39, 0.29) is 29.4 Å². The number of amides is 1. The summed E-state index contributed by atoms with van der Waals surface area (Å²) in [6, 6.07) is 18.0. The van der Waals surface area contributed by atoms with Gasteiger partial charge in [-0.2, -0.15) is 0 Å². The van der Waals surface area contributed by atoms with E-state index in [1.807, 2.05) is 24.3 Å². The Morgan fingerprint density at radius 3 is 2.20 bits per heavy atom. The lowest BCUT2D eigenvalue weighted by Crippen LogP contribution is -2.31. The van der Waals surface area contributed by atoms with Crippen LogP contribution < -0.4 is 0 Å². The number of nitrogens with zero attached hydrogens (tertiary/aromatic N) is 1. The Bertz CT molecular complexity index is 1030. The first-order valence-electron chi connectivity index (χ1n) is 9.65. The van der Waals surface area contributed by atoms with E-state index in [9.17, 15) is 14.4 Å². The molecule has 5 nitrogen and oxygen atoms in total. The second-order valence-electron chi connectivity index (χ2n) is 6.85. The number of thiophene rings is 1. The topological polar surface area (TPSA) is 63.7 Å². The van der Waals surface area contributed by atoms with Gasteiger partial charge in [0.1, 0.15) is 0 Å². The molecule has 3 rings (SSSR count).